The summed E-state index contributed by atoms with van der Waals surface area (Å²) in [7, 11) is -2.97. The summed E-state index contributed by atoms with van der Waals surface area (Å²) in [4.78, 5) is 20.0. The SMILES string of the molecule is COc1nccnc1S(=O)(=O)NC(=O)Nc1c(C(C)C)cccc1C(C)C. The number of amides is 2. The van der Waals surface area contributed by atoms with Crippen LogP contribution in [0.1, 0.15) is 50.7 Å². The lowest BCUT2D eigenvalue weighted by atomic mass is 9.93. The second-order valence-electron chi connectivity index (χ2n) is 6.55. The Hall–Kier alpha value is -2.68. The van der Waals surface area contributed by atoms with E-state index in [9.17, 15) is 13.2 Å². The van der Waals surface area contributed by atoms with Crippen molar-refractivity contribution in [2.24, 2.45) is 0 Å². The largest absolute Gasteiger partial charge is 0.479 e. The van der Waals surface area contributed by atoms with Gasteiger partial charge in [0, 0.05) is 18.1 Å². The van der Waals surface area contributed by atoms with Gasteiger partial charge in [-0.05, 0) is 23.0 Å². The molecule has 0 spiro atoms. The van der Waals surface area contributed by atoms with Crippen LogP contribution >= 0.6 is 0 Å². The quantitative estimate of drug-likeness (QED) is 0.781. The molecule has 2 N–H and O–H groups in total. The Morgan fingerprint density at radius 3 is 2.11 bits per heavy atom. The minimum absolute atomic E-state index is 0.149. The van der Waals surface area contributed by atoms with Crippen molar-refractivity contribution in [3.63, 3.8) is 0 Å². The highest BCUT2D eigenvalue weighted by atomic mass is 32.2. The van der Waals surface area contributed by atoms with Gasteiger partial charge in [-0.15, -0.1) is 0 Å². The molecule has 0 radical (unpaired) electrons. The molecule has 1 aromatic heterocycles. The Labute approximate surface area is 159 Å². The topological polar surface area (TPSA) is 110 Å². The predicted octanol–water partition coefficient (Wildman–Crippen LogP) is 3.24. The molecular formula is C18H24N4O4S. The summed E-state index contributed by atoms with van der Waals surface area (Å²) >= 11 is 0. The molecule has 0 atom stereocenters. The number of nitrogens with zero attached hydrogens (tertiary/aromatic N) is 2. The number of rotatable bonds is 6. The van der Waals surface area contributed by atoms with E-state index >= 15 is 0 Å². The van der Waals surface area contributed by atoms with Crippen LogP contribution in [0, 0.1) is 0 Å². The molecule has 8 nitrogen and oxygen atoms in total. The third kappa shape index (κ3) is 4.73. The number of sulfonamides is 1. The van der Waals surface area contributed by atoms with Gasteiger partial charge in [-0.2, -0.15) is 8.42 Å². The molecule has 9 heteroatoms. The molecule has 0 fully saturated rings. The number of methoxy groups -OCH3 is 1. The van der Waals surface area contributed by atoms with Gasteiger partial charge in [-0.3, -0.25) is 0 Å². The first-order chi connectivity index (χ1) is 12.7. The minimum Gasteiger partial charge on any atom is -0.479 e. The fraction of sp³-hybridized carbons (Fsp3) is 0.389. The van der Waals surface area contributed by atoms with E-state index in [4.69, 9.17) is 4.74 Å². The van der Waals surface area contributed by atoms with Crippen molar-refractivity contribution in [3.05, 3.63) is 41.7 Å². The fourth-order valence-electron chi connectivity index (χ4n) is 2.64. The summed E-state index contributed by atoms with van der Waals surface area (Å²) < 4.78 is 31.9. The average molecular weight is 392 g/mol. The highest BCUT2D eigenvalue weighted by molar-refractivity contribution is 7.90. The van der Waals surface area contributed by atoms with E-state index < -0.39 is 21.1 Å². The summed E-state index contributed by atoms with van der Waals surface area (Å²) in [6.07, 6.45) is 2.51. The van der Waals surface area contributed by atoms with E-state index in [0.717, 1.165) is 11.1 Å². The van der Waals surface area contributed by atoms with Crippen molar-refractivity contribution in [1.82, 2.24) is 14.7 Å². The van der Waals surface area contributed by atoms with Crippen LogP contribution in [0.5, 0.6) is 5.88 Å². The van der Waals surface area contributed by atoms with Crippen molar-refractivity contribution < 1.29 is 17.9 Å². The molecule has 2 aromatic rings. The van der Waals surface area contributed by atoms with Crippen LogP contribution in [-0.4, -0.2) is 31.5 Å². The molecular weight excluding hydrogens is 368 g/mol. The maximum absolute atomic E-state index is 12.5. The molecule has 2 amide bonds. The molecule has 0 saturated carbocycles. The van der Waals surface area contributed by atoms with Crippen molar-refractivity contribution in [2.75, 3.05) is 12.4 Å². The zero-order valence-corrected chi connectivity index (χ0v) is 16.8. The summed E-state index contributed by atoms with van der Waals surface area (Å²) in [6, 6.07) is 4.87. The van der Waals surface area contributed by atoms with Gasteiger partial charge >= 0.3 is 6.03 Å². The number of anilines is 1. The molecule has 0 aliphatic heterocycles. The smallest absolute Gasteiger partial charge is 0.333 e. The molecule has 0 aliphatic carbocycles. The molecule has 0 aliphatic rings. The van der Waals surface area contributed by atoms with Crippen LogP contribution in [0.4, 0.5) is 10.5 Å². The molecule has 146 valence electrons. The number of ether oxygens (including phenoxy) is 1. The van der Waals surface area contributed by atoms with E-state index in [1.54, 1.807) is 0 Å². The van der Waals surface area contributed by atoms with Crippen molar-refractivity contribution in [3.8, 4) is 5.88 Å². The normalized spacial score (nSPS) is 11.5. The van der Waals surface area contributed by atoms with Crippen LogP contribution in [0.15, 0.2) is 35.6 Å². The highest BCUT2D eigenvalue weighted by Crippen LogP contribution is 2.32. The number of para-hydroxylation sites is 1. The van der Waals surface area contributed by atoms with Crippen LogP contribution in [0.3, 0.4) is 0 Å². The van der Waals surface area contributed by atoms with Gasteiger partial charge in [-0.1, -0.05) is 45.9 Å². The average Bonchev–Trinajstić information content (AvgIpc) is 2.60. The lowest BCUT2D eigenvalue weighted by Crippen LogP contribution is -2.35. The third-order valence-electron chi connectivity index (χ3n) is 3.92. The second-order valence-corrected chi connectivity index (χ2v) is 8.15. The number of benzene rings is 1. The molecule has 1 heterocycles. The minimum atomic E-state index is -4.25. The summed E-state index contributed by atoms with van der Waals surface area (Å²) in [5, 5.41) is 2.23. The van der Waals surface area contributed by atoms with E-state index in [1.807, 2.05) is 50.6 Å². The number of hydrogen-bond donors (Lipinski definition) is 2. The zero-order chi connectivity index (χ0) is 20.2. The molecule has 0 bridgehead atoms. The van der Waals surface area contributed by atoms with Crippen LogP contribution in [-0.2, 0) is 10.0 Å². The van der Waals surface area contributed by atoms with Gasteiger partial charge in [-0.25, -0.2) is 19.5 Å². The first-order valence-electron chi connectivity index (χ1n) is 8.49. The molecule has 27 heavy (non-hydrogen) atoms. The standard InChI is InChI=1S/C18H24N4O4S/c1-11(2)13-7-6-8-14(12(3)4)15(13)21-18(23)22-27(24,25)17-16(26-5)19-9-10-20-17/h6-12H,1-5H3,(H2,21,22,23). The first-order valence-corrected chi connectivity index (χ1v) is 9.97. The molecule has 0 unspecified atom stereocenters. The Balaban J connectivity index is 2.33. The summed E-state index contributed by atoms with van der Waals surface area (Å²) in [5.74, 6) is 0.106. The van der Waals surface area contributed by atoms with Gasteiger partial charge in [0.2, 0.25) is 5.03 Å². The van der Waals surface area contributed by atoms with E-state index in [2.05, 4.69) is 15.3 Å². The maximum Gasteiger partial charge on any atom is 0.333 e. The van der Waals surface area contributed by atoms with Crippen molar-refractivity contribution in [2.45, 2.75) is 44.6 Å². The van der Waals surface area contributed by atoms with Crippen molar-refractivity contribution in [1.29, 1.82) is 0 Å². The number of carbonyl (C=O) groups excluding carboxylic acids is 1. The third-order valence-corrected chi connectivity index (χ3v) is 5.16. The summed E-state index contributed by atoms with van der Waals surface area (Å²) in [5.41, 5.74) is 2.46. The Morgan fingerprint density at radius 2 is 1.59 bits per heavy atom. The lowest BCUT2D eigenvalue weighted by Gasteiger charge is -2.20. The van der Waals surface area contributed by atoms with Crippen LogP contribution in [0.2, 0.25) is 0 Å². The number of aromatic nitrogens is 2. The Kier molecular flexibility index (Phi) is 6.37. The lowest BCUT2D eigenvalue weighted by molar-refractivity contribution is 0.256. The number of urea groups is 1. The van der Waals surface area contributed by atoms with Gasteiger partial charge in [0.05, 0.1) is 7.11 Å². The predicted molar refractivity (Wildman–Crippen MR) is 103 cm³/mol. The Morgan fingerprint density at radius 1 is 1.04 bits per heavy atom. The molecule has 1 aromatic carbocycles. The monoisotopic (exact) mass is 392 g/mol. The maximum atomic E-state index is 12.5. The van der Waals surface area contributed by atoms with Gasteiger partial charge in [0.15, 0.2) is 0 Å². The van der Waals surface area contributed by atoms with E-state index in [1.165, 1.54) is 19.5 Å². The van der Waals surface area contributed by atoms with Crippen LogP contribution < -0.4 is 14.8 Å². The van der Waals surface area contributed by atoms with Crippen molar-refractivity contribution >= 4 is 21.7 Å². The fourth-order valence-corrected chi connectivity index (χ4v) is 3.60. The van der Waals surface area contributed by atoms with Gasteiger partial charge < -0.3 is 10.1 Å². The van der Waals surface area contributed by atoms with Gasteiger partial charge in [0.1, 0.15) is 0 Å². The highest BCUT2D eigenvalue weighted by Gasteiger charge is 2.25. The Bertz CT molecular complexity index is 900. The number of nitrogens with one attached hydrogen (secondary N) is 2. The van der Waals surface area contributed by atoms with E-state index in [0.29, 0.717) is 5.69 Å². The second kappa shape index (κ2) is 8.34. The number of carbonyl (C=O) groups is 1. The van der Waals surface area contributed by atoms with E-state index in [-0.39, 0.29) is 17.7 Å². The van der Waals surface area contributed by atoms with Gasteiger partial charge in [0.25, 0.3) is 15.9 Å². The zero-order valence-electron chi connectivity index (χ0n) is 16.0. The molecule has 2 rings (SSSR count). The molecule has 0 saturated heterocycles. The summed E-state index contributed by atoms with van der Waals surface area (Å²) in [6.45, 7) is 8.01. The first kappa shape index (κ1) is 20.6. The number of hydrogen-bond acceptors (Lipinski definition) is 6. The van der Waals surface area contributed by atoms with Crippen LogP contribution in [0.25, 0.3) is 0 Å².